The molecule has 1 aliphatic carbocycles. The maximum atomic E-state index is 13.7. The molecule has 8 bridgehead atoms. The van der Waals surface area contributed by atoms with E-state index in [0.29, 0.717) is 18.1 Å². The molecule has 3 aliphatic heterocycles. The van der Waals surface area contributed by atoms with Gasteiger partial charge in [0.05, 0.1) is 18.2 Å². The van der Waals surface area contributed by atoms with Crippen LogP contribution >= 0.6 is 0 Å². The van der Waals surface area contributed by atoms with Gasteiger partial charge in [-0.15, -0.1) is 0 Å². The van der Waals surface area contributed by atoms with Gasteiger partial charge in [0.25, 0.3) is 0 Å². The second kappa shape index (κ2) is 22.1. The Balaban J connectivity index is 1.20. The van der Waals surface area contributed by atoms with Crippen LogP contribution in [0.25, 0.3) is 29.2 Å². The van der Waals surface area contributed by atoms with E-state index in [1.807, 2.05) is 6.92 Å². The average Bonchev–Trinajstić information content (AvgIpc) is 4.00. The molecule has 2 saturated heterocycles. The molecule has 0 amide bonds. The summed E-state index contributed by atoms with van der Waals surface area (Å²) in [6, 6.07) is -0.373. The number of nitrogens with one attached hydrogen (secondary N) is 4. The quantitative estimate of drug-likeness (QED) is 0.0607. The van der Waals surface area contributed by atoms with Crippen molar-refractivity contribution in [2.45, 2.75) is 178 Å². The fourth-order valence-electron chi connectivity index (χ4n) is 11.9. The van der Waals surface area contributed by atoms with Crippen LogP contribution in [0.3, 0.4) is 0 Å². The smallest absolute Gasteiger partial charge is 0.320 e. The maximum Gasteiger partial charge on any atom is 0.320 e. The Bertz CT molecular complexity index is 2330. The molecule has 0 aromatic carbocycles. The number of hydrogen-bond acceptors (Lipinski definition) is 8. The summed E-state index contributed by atoms with van der Waals surface area (Å²) in [4.78, 5) is 34.6. The van der Waals surface area contributed by atoms with E-state index in [-0.39, 0.29) is 72.3 Å². The van der Waals surface area contributed by atoms with Gasteiger partial charge in [0.2, 0.25) is 0 Å². The molecular weight excluding hydrogens is 813 g/mol. The predicted molar refractivity (Wildman–Crippen MR) is 264 cm³/mol. The number of ether oxygens (including phenoxy) is 2. The van der Waals surface area contributed by atoms with Gasteiger partial charge in [0.15, 0.2) is 0 Å². The monoisotopic (exact) mass is 897 g/mol. The molecule has 10 atom stereocenters. The van der Waals surface area contributed by atoms with Gasteiger partial charge in [-0.05, 0) is 124 Å². The molecule has 2 aromatic rings. The minimum absolute atomic E-state index is 0.000958. The fraction of sp³-hybridized carbons (Fsp3) is 0.673. The molecular formula is C55H84N4O6. The van der Waals surface area contributed by atoms with Crippen molar-refractivity contribution < 1.29 is 29.3 Å². The first-order chi connectivity index (χ1) is 30.9. The van der Waals surface area contributed by atoms with Gasteiger partial charge in [0, 0.05) is 69.8 Å². The summed E-state index contributed by atoms with van der Waals surface area (Å²) in [5.41, 5.74) is 6.93. The largest absolute Gasteiger partial charge is 0.512 e. The number of aromatic amines is 2. The Hall–Kier alpha value is -4.18. The van der Waals surface area contributed by atoms with Crippen LogP contribution in [0.1, 0.15) is 162 Å². The average molecular weight is 897 g/mol. The van der Waals surface area contributed by atoms with Crippen molar-refractivity contribution in [1.29, 1.82) is 0 Å². The second-order valence-electron chi connectivity index (χ2n) is 21.2. The third kappa shape index (κ3) is 11.3. The second-order valence-corrected chi connectivity index (χ2v) is 21.2. The van der Waals surface area contributed by atoms with Gasteiger partial charge >= 0.3 is 11.9 Å². The molecule has 360 valence electrons. The number of rotatable bonds is 19. The number of aliphatic hydroxyl groups is 2. The van der Waals surface area contributed by atoms with Crippen LogP contribution in [-0.2, 0) is 25.5 Å². The van der Waals surface area contributed by atoms with Crippen LogP contribution in [0.4, 0.5) is 0 Å². The van der Waals surface area contributed by atoms with E-state index >= 15 is 0 Å². The molecule has 2 aromatic heterocycles. The summed E-state index contributed by atoms with van der Waals surface area (Å²) in [6.45, 7) is 24.4. The summed E-state index contributed by atoms with van der Waals surface area (Å²) < 4.78 is 11.2. The molecule has 5 heterocycles. The van der Waals surface area contributed by atoms with Crippen LogP contribution < -0.4 is 31.8 Å². The Kier molecular flexibility index (Phi) is 17.1. The lowest BCUT2D eigenvalue weighted by Crippen LogP contribution is -2.40. The van der Waals surface area contributed by atoms with E-state index in [0.717, 1.165) is 86.7 Å². The standard InChI is InChI=1S/C55H84N4O6/c1-13-39-34(7)41-29-46-48(38(11)60)36(9)43(57-46)27-42-35(8)40(52(58-42)50-51(55(63)64-12)54(62)49-37(10)44(59-53(49)50)28-45(39)56-41)23-24-47(61)65-26-25-33(6)22-16-21-32(5)20-15-19-31(4)18-14-17-30(2)3/h25,28-32,34-35,39-42,51-52,56-60,62H,13-24,26-27H2,1-12H3/b33-25+,45-28-,46-29-,48-38-/t31-,32-,34-,35+,39-,40+,41-,42?,51-,52-/m1/s1. The molecule has 0 saturated carbocycles. The van der Waals surface area contributed by atoms with Crippen molar-refractivity contribution in [3.8, 4) is 0 Å². The van der Waals surface area contributed by atoms with E-state index in [4.69, 9.17) is 9.47 Å². The highest BCUT2D eigenvalue weighted by Crippen LogP contribution is 2.41. The molecule has 10 nitrogen and oxygen atoms in total. The summed E-state index contributed by atoms with van der Waals surface area (Å²) in [6.07, 6.45) is 20.2. The highest BCUT2D eigenvalue weighted by Gasteiger charge is 2.48. The van der Waals surface area contributed by atoms with Crippen LogP contribution in [0.15, 0.2) is 17.3 Å². The number of methoxy groups -OCH3 is 1. The molecule has 1 unspecified atom stereocenters. The van der Waals surface area contributed by atoms with E-state index in [9.17, 15) is 19.8 Å². The highest BCUT2D eigenvalue weighted by molar-refractivity contribution is 5.95. The summed E-state index contributed by atoms with van der Waals surface area (Å²) in [5, 5.41) is 33.9. The van der Waals surface area contributed by atoms with Gasteiger partial charge in [-0.1, -0.05) is 99.0 Å². The third-order valence-electron chi connectivity index (χ3n) is 16.0. The van der Waals surface area contributed by atoms with Crippen molar-refractivity contribution in [3.05, 3.63) is 61.0 Å². The number of allylic oxidation sites excluding steroid dienone is 2. The third-order valence-corrected chi connectivity index (χ3v) is 16.0. The molecule has 4 aliphatic rings. The zero-order valence-electron chi connectivity index (χ0n) is 42.0. The van der Waals surface area contributed by atoms with Gasteiger partial charge in [-0.25, -0.2) is 0 Å². The van der Waals surface area contributed by atoms with Crippen molar-refractivity contribution in [2.75, 3.05) is 13.7 Å². The number of carbonyl (C=O) groups excluding carboxylic acids is 2. The highest BCUT2D eigenvalue weighted by atomic mass is 16.5. The van der Waals surface area contributed by atoms with Gasteiger partial charge in [-0.2, -0.15) is 0 Å². The minimum atomic E-state index is -0.980. The predicted octanol–water partition coefficient (Wildman–Crippen LogP) is 8.58. The van der Waals surface area contributed by atoms with E-state index in [2.05, 4.69) is 101 Å². The lowest BCUT2D eigenvalue weighted by molar-refractivity contribution is -0.143. The van der Waals surface area contributed by atoms with Gasteiger partial charge in [-0.3, -0.25) is 9.59 Å². The van der Waals surface area contributed by atoms with E-state index < -0.39 is 11.9 Å². The maximum absolute atomic E-state index is 13.7. The number of carbonyl (C=O) groups is 2. The molecule has 10 heteroatoms. The summed E-state index contributed by atoms with van der Waals surface area (Å²) >= 11 is 0. The molecule has 0 spiro atoms. The SMILES string of the molecule is CC[C@H]1/C2=C/c3[nH]c4c(c3C)=C(O)[C@H](C(=O)OC)C=4[C@@H]3NC(Cc4[nH]c(/c(=C(/C)O)c4C)=C\[C@@H](N2)[C@@H]1C)[C@@H](C)[C@@H]3CCC(=O)OC/C=C(\C)CCC[C@H](C)CCC[C@H](C)CCCC(C)C. The Morgan fingerprint density at radius 1 is 0.923 bits per heavy atom. The Morgan fingerprint density at radius 2 is 1.60 bits per heavy atom. The lowest BCUT2D eigenvalue weighted by Gasteiger charge is -2.26. The number of aliphatic hydroxyl groups excluding tert-OH is 2. The Morgan fingerprint density at radius 3 is 2.25 bits per heavy atom. The van der Waals surface area contributed by atoms with Crippen molar-refractivity contribution in [3.63, 3.8) is 0 Å². The van der Waals surface area contributed by atoms with E-state index in [1.165, 1.54) is 57.6 Å². The van der Waals surface area contributed by atoms with Gasteiger partial charge < -0.3 is 40.3 Å². The number of hydrogen-bond donors (Lipinski definition) is 6. The summed E-state index contributed by atoms with van der Waals surface area (Å²) in [7, 11) is 1.37. The lowest BCUT2D eigenvalue weighted by atomic mass is 9.79. The number of aromatic nitrogens is 2. The van der Waals surface area contributed by atoms with Crippen molar-refractivity contribution in [1.82, 2.24) is 20.6 Å². The molecule has 2 fully saturated rings. The molecule has 65 heavy (non-hydrogen) atoms. The molecule has 0 radical (unpaired) electrons. The van der Waals surface area contributed by atoms with Crippen molar-refractivity contribution >= 4 is 41.2 Å². The van der Waals surface area contributed by atoms with Crippen LogP contribution in [0.5, 0.6) is 0 Å². The first kappa shape index (κ1) is 50.2. The zero-order chi connectivity index (χ0) is 47.3. The number of esters is 2. The van der Waals surface area contributed by atoms with Crippen LogP contribution in [-0.4, -0.2) is 64.0 Å². The zero-order valence-corrected chi connectivity index (χ0v) is 42.0. The topological polar surface area (TPSA) is 149 Å². The van der Waals surface area contributed by atoms with Crippen molar-refractivity contribution in [2.24, 2.45) is 47.3 Å². The first-order valence-corrected chi connectivity index (χ1v) is 25.3. The molecule has 6 rings (SSSR count). The van der Waals surface area contributed by atoms with Crippen LogP contribution in [0, 0.1) is 61.2 Å². The van der Waals surface area contributed by atoms with Crippen LogP contribution in [0.2, 0.25) is 0 Å². The number of fused-ring (bicyclic) bond motifs is 8. The van der Waals surface area contributed by atoms with Gasteiger partial charge in [0.1, 0.15) is 18.3 Å². The first-order valence-electron chi connectivity index (χ1n) is 25.3. The molecule has 6 N–H and O–H groups in total. The fourth-order valence-corrected chi connectivity index (χ4v) is 11.9. The number of H-pyrrole nitrogens is 2. The summed E-state index contributed by atoms with van der Waals surface area (Å²) in [5.74, 6) is 1.44. The Labute approximate surface area is 389 Å². The minimum Gasteiger partial charge on any atom is -0.512 e. The van der Waals surface area contributed by atoms with E-state index in [1.54, 1.807) is 6.92 Å². The normalized spacial score (nSPS) is 27.8.